The largest absolute Gasteiger partial charge is 0.287 e. The van der Waals surface area contributed by atoms with Gasteiger partial charge in [-0.3, -0.25) is 9.48 Å². The summed E-state index contributed by atoms with van der Waals surface area (Å²) in [6, 6.07) is 7.63. The molecule has 0 aliphatic carbocycles. The van der Waals surface area contributed by atoms with E-state index in [1.807, 2.05) is 28.9 Å². The van der Waals surface area contributed by atoms with Crippen LogP contribution in [0.1, 0.15) is 19.0 Å². The van der Waals surface area contributed by atoms with Gasteiger partial charge in [0.2, 0.25) is 5.43 Å². The second-order valence-corrected chi connectivity index (χ2v) is 3.65. The molecular weight excluding hydrogens is 188 g/mol. The van der Waals surface area contributed by atoms with Crippen molar-refractivity contribution in [2.45, 2.75) is 26.8 Å². The SMILES string of the molecule is CCCn1nc(C)c(=O)c2ccccc21. The summed E-state index contributed by atoms with van der Waals surface area (Å²) >= 11 is 0. The molecule has 0 amide bonds. The van der Waals surface area contributed by atoms with E-state index < -0.39 is 0 Å². The lowest BCUT2D eigenvalue weighted by Gasteiger charge is -2.08. The number of para-hydroxylation sites is 1. The maximum absolute atomic E-state index is 11.8. The predicted molar refractivity (Wildman–Crippen MR) is 61.0 cm³/mol. The lowest BCUT2D eigenvalue weighted by Crippen LogP contribution is -2.16. The van der Waals surface area contributed by atoms with E-state index in [1.54, 1.807) is 6.92 Å². The Hall–Kier alpha value is -1.64. The van der Waals surface area contributed by atoms with Crippen LogP contribution in [-0.2, 0) is 6.54 Å². The van der Waals surface area contributed by atoms with Crippen molar-refractivity contribution < 1.29 is 0 Å². The second kappa shape index (κ2) is 3.85. The van der Waals surface area contributed by atoms with Gasteiger partial charge in [-0.1, -0.05) is 19.1 Å². The number of nitrogens with zero attached hydrogens (tertiary/aromatic N) is 2. The van der Waals surface area contributed by atoms with Crippen LogP contribution in [0.5, 0.6) is 0 Å². The zero-order valence-electron chi connectivity index (χ0n) is 9.03. The summed E-state index contributed by atoms with van der Waals surface area (Å²) in [5.41, 5.74) is 1.54. The molecule has 0 N–H and O–H groups in total. The first-order valence-corrected chi connectivity index (χ1v) is 5.20. The average molecular weight is 202 g/mol. The van der Waals surface area contributed by atoms with Crippen molar-refractivity contribution in [3.63, 3.8) is 0 Å². The summed E-state index contributed by atoms with van der Waals surface area (Å²) in [5, 5.41) is 5.06. The van der Waals surface area contributed by atoms with Gasteiger partial charge in [0.25, 0.3) is 0 Å². The van der Waals surface area contributed by atoms with Gasteiger partial charge in [-0.2, -0.15) is 5.10 Å². The maximum atomic E-state index is 11.8. The fraction of sp³-hybridized carbons (Fsp3) is 0.333. The van der Waals surface area contributed by atoms with Crippen molar-refractivity contribution in [2.24, 2.45) is 0 Å². The Balaban J connectivity index is 2.82. The van der Waals surface area contributed by atoms with E-state index in [4.69, 9.17) is 0 Å². The first-order chi connectivity index (χ1) is 7.24. The van der Waals surface area contributed by atoms with E-state index in [2.05, 4.69) is 12.0 Å². The molecule has 0 spiro atoms. The first-order valence-electron chi connectivity index (χ1n) is 5.20. The Labute approximate surface area is 88.4 Å². The zero-order valence-corrected chi connectivity index (χ0v) is 9.03. The highest BCUT2D eigenvalue weighted by molar-refractivity contribution is 5.78. The Morgan fingerprint density at radius 1 is 1.33 bits per heavy atom. The maximum Gasteiger partial charge on any atom is 0.210 e. The minimum Gasteiger partial charge on any atom is -0.287 e. The molecule has 0 fully saturated rings. The molecule has 0 aliphatic heterocycles. The molecule has 78 valence electrons. The molecule has 0 radical (unpaired) electrons. The second-order valence-electron chi connectivity index (χ2n) is 3.65. The van der Waals surface area contributed by atoms with Gasteiger partial charge in [0, 0.05) is 11.9 Å². The van der Waals surface area contributed by atoms with Crippen molar-refractivity contribution in [1.82, 2.24) is 9.78 Å². The number of fused-ring (bicyclic) bond motifs is 1. The molecule has 0 saturated carbocycles. The van der Waals surface area contributed by atoms with E-state index in [1.165, 1.54) is 0 Å². The van der Waals surface area contributed by atoms with Crippen LogP contribution >= 0.6 is 0 Å². The zero-order chi connectivity index (χ0) is 10.8. The van der Waals surface area contributed by atoms with Crippen molar-refractivity contribution >= 4 is 10.9 Å². The summed E-state index contributed by atoms with van der Waals surface area (Å²) < 4.78 is 1.91. The standard InChI is InChI=1S/C12H14N2O/c1-3-8-14-11-7-5-4-6-10(11)12(15)9(2)13-14/h4-7H,3,8H2,1-2H3. The predicted octanol–water partition coefficient (Wildman–Crippen LogP) is 2.11. The van der Waals surface area contributed by atoms with Gasteiger partial charge < -0.3 is 0 Å². The summed E-state index contributed by atoms with van der Waals surface area (Å²) in [4.78, 5) is 11.8. The van der Waals surface area contributed by atoms with Gasteiger partial charge in [-0.05, 0) is 25.5 Å². The summed E-state index contributed by atoms with van der Waals surface area (Å²) in [6.07, 6.45) is 1.01. The number of aromatic nitrogens is 2. The molecule has 3 heteroatoms. The molecule has 15 heavy (non-hydrogen) atoms. The molecule has 1 aromatic carbocycles. The van der Waals surface area contributed by atoms with Crippen LogP contribution in [0, 0.1) is 6.92 Å². The van der Waals surface area contributed by atoms with E-state index in [0.717, 1.165) is 23.9 Å². The third-order valence-corrected chi connectivity index (χ3v) is 2.46. The number of hydrogen-bond donors (Lipinski definition) is 0. The van der Waals surface area contributed by atoms with E-state index in [-0.39, 0.29) is 5.43 Å². The molecule has 0 saturated heterocycles. The van der Waals surface area contributed by atoms with Gasteiger partial charge in [0.05, 0.1) is 5.52 Å². The van der Waals surface area contributed by atoms with Gasteiger partial charge in [0.1, 0.15) is 5.69 Å². The summed E-state index contributed by atoms with van der Waals surface area (Å²) in [6.45, 7) is 4.71. The number of benzene rings is 1. The number of aryl methyl sites for hydroxylation is 2. The van der Waals surface area contributed by atoms with Crippen LogP contribution in [0.2, 0.25) is 0 Å². The van der Waals surface area contributed by atoms with Crippen LogP contribution in [0.15, 0.2) is 29.1 Å². The van der Waals surface area contributed by atoms with Crippen molar-refractivity contribution in [3.05, 3.63) is 40.2 Å². The summed E-state index contributed by atoms with van der Waals surface area (Å²) in [7, 11) is 0. The smallest absolute Gasteiger partial charge is 0.210 e. The van der Waals surface area contributed by atoms with Crippen LogP contribution in [0.25, 0.3) is 10.9 Å². The first kappa shape index (κ1) is 9.90. The molecule has 1 heterocycles. The van der Waals surface area contributed by atoms with Gasteiger partial charge in [-0.15, -0.1) is 0 Å². The average Bonchev–Trinajstić information content (AvgIpc) is 2.26. The molecular formula is C12H14N2O. The molecule has 2 aromatic rings. The Morgan fingerprint density at radius 2 is 2.07 bits per heavy atom. The van der Waals surface area contributed by atoms with Crippen molar-refractivity contribution in [2.75, 3.05) is 0 Å². The number of hydrogen-bond acceptors (Lipinski definition) is 2. The van der Waals surface area contributed by atoms with Crippen LogP contribution < -0.4 is 5.43 Å². The fourth-order valence-corrected chi connectivity index (χ4v) is 1.75. The van der Waals surface area contributed by atoms with Crippen molar-refractivity contribution in [1.29, 1.82) is 0 Å². The third-order valence-electron chi connectivity index (χ3n) is 2.46. The lowest BCUT2D eigenvalue weighted by atomic mass is 10.2. The minimum absolute atomic E-state index is 0.0398. The Kier molecular flexibility index (Phi) is 2.54. The lowest BCUT2D eigenvalue weighted by molar-refractivity contribution is 0.603. The van der Waals surface area contributed by atoms with E-state index in [0.29, 0.717) is 5.69 Å². The van der Waals surface area contributed by atoms with Gasteiger partial charge in [-0.25, -0.2) is 0 Å². The minimum atomic E-state index is 0.0398. The van der Waals surface area contributed by atoms with Crippen LogP contribution in [-0.4, -0.2) is 9.78 Å². The molecule has 3 nitrogen and oxygen atoms in total. The van der Waals surface area contributed by atoms with Crippen LogP contribution in [0.3, 0.4) is 0 Å². The number of rotatable bonds is 2. The highest BCUT2D eigenvalue weighted by Gasteiger charge is 2.05. The normalized spacial score (nSPS) is 10.8. The van der Waals surface area contributed by atoms with Gasteiger partial charge in [0.15, 0.2) is 0 Å². The topological polar surface area (TPSA) is 34.9 Å². The molecule has 2 rings (SSSR count). The quantitative estimate of drug-likeness (QED) is 0.747. The fourth-order valence-electron chi connectivity index (χ4n) is 1.75. The van der Waals surface area contributed by atoms with Crippen LogP contribution in [0.4, 0.5) is 0 Å². The third kappa shape index (κ3) is 1.65. The molecule has 0 unspecified atom stereocenters. The van der Waals surface area contributed by atoms with Gasteiger partial charge >= 0.3 is 0 Å². The molecule has 1 aromatic heterocycles. The van der Waals surface area contributed by atoms with Crippen molar-refractivity contribution in [3.8, 4) is 0 Å². The molecule has 0 bridgehead atoms. The highest BCUT2D eigenvalue weighted by atomic mass is 16.1. The van der Waals surface area contributed by atoms with E-state index >= 15 is 0 Å². The highest BCUT2D eigenvalue weighted by Crippen LogP contribution is 2.09. The Bertz CT molecular complexity index is 543. The monoisotopic (exact) mass is 202 g/mol. The Morgan fingerprint density at radius 3 is 2.80 bits per heavy atom. The summed E-state index contributed by atoms with van der Waals surface area (Å²) in [5.74, 6) is 0. The molecule has 0 aliphatic rings. The molecule has 0 atom stereocenters. The van der Waals surface area contributed by atoms with E-state index in [9.17, 15) is 4.79 Å².